The van der Waals surface area contributed by atoms with Crippen LogP contribution in [0.3, 0.4) is 0 Å². The summed E-state index contributed by atoms with van der Waals surface area (Å²) in [5, 5.41) is 6.49. The van der Waals surface area contributed by atoms with Crippen molar-refractivity contribution in [1.82, 2.24) is 9.97 Å². The minimum atomic E-state index is -0.365. The average molecular weight is 378 g/mol. The second-order valence-corrected chi connectivity index (χ2v) is 6.01. The maximum absolute atomic E-state index is 11.5. The number of hydrogen-bond donors (Lipinski definition) is 2. The van der Waals surface area contributed by atoms with Gasteiger partial charge in [0.05, 0.1) is 19.8 Å². The highest BCUT2D eigenvalue weighted by Crippen LogP contribution is 2.18. The van der Waals surface area contributed by atoms with Crippen LogP contribution in [-0.4, -0.2) is 36.7 Å². The van der Waals surface area contributed by atoms with E-state index in [9.17, 15) is 4.79 Å². The number of carbonyl (C=O) groups is 1. The monoisotopic (exact) mass is 378 g/mol. The number of anilines is 3. The van der Waals surface area contributed by atoms with Gasteiger partial charge >= 0.3 is 5.97 Å². The Morgan fingerprint density at radius 3 is 2.54 bits per heavy atom. The van der Waals surface area contributed by atoms with Gasteiger partial charge in [-0.25, -0.2) is 14.8 Å². The molecule has 0 saturated heterocycles. The van der Waals surface area contributed by atoms with Gasteiger partial charge in [0.2, 0.25) is 0 Å². The first-order valence-corrected chi connectivity index (χ1v) is 8.82. The van der Waals surface area contributed by atoms with Crippen LogP contribution < -0.4 is 15.4 Å². The van der Waals surface area contributed by atoms with Crippen LogP contribution in [0, 0.1) is 0 Å². The number of rotatable bonds is 8. The summed E-state index contributed by atoms with van der Waals surface area (Å²) < 4.78 is 9.94. The first-order valence-electron chi connectivity index (χ1n) is 8.82. The second-order valence-electron chi connectivity index (χ2n) is 6.01. The molecule has 3 rings (SSSR count). The van der Waals surface area contributed by atoms with Crippen molar-refractivity contribution in [2.24, 2.45) is 0 Å². The van der Waals surface area contributed by atoms with Gasteiger partial charge in [0.15, 0.2) is 0 Å². The Hall–Kier alpha value is -3.61. The Balaban J connectivity index is 1.57. The van der Waals surface area contributed by atoms with E-state index < -0.39 is 0 Å². The van der Waals surface area contributed by atoms with Crippen molar-refractivity contribution < 1.29 is 14.3 Å². The van der Waals surface area contributed by atoms with Crippen molar-refractivity contribution in [2.75, 3.05) is 31.4 Å². The van der Waals surface area contributed by atoms with Crippen molar-refractivity contribution >= 4 is 23.3 Å². The van der Waals surface area contributed by atoms with Gasteiger partial charge in [0, 0.05) is 18.3 Å². The zero-order valence-electron chi connectivity index (χ0n) is 15.8. The Morgan fingerprint density at radius 2 is 1.79 bits per heavy atom. The highest BCUT2D eigenvalue weighted by Gasteiger charge is 2.05. The molecule has 2 aromatic carbocycles. The van der Waals surface area contributed by atoms with Gasteiger partial charge in [-0.15, -0.1) is 0 Å². The number of nitrogens with zero attached hydrogens (tertiary/aromatic N) is 2. The molecule has 0 unspecified atom stereocenters. The molecule has 1 aromatic heterocycles. The third-order valence-electron chi connectivity index (χ3n) is 4.10. The zero-order chi connectivity index (χ0) is 19.8. The van der Waals surface area contributed by atoms with Crippen molar-refractivity contribution in [3.8, 4) is 5.75 Å². The Labute approximate surface area is 163 Å². The summed E-state index contributed by atoms with van der Waals surface area (Å²) in [7, 11) is 3.02. The summed E-state index contributed by atoms with van der Waals surface area (Å²) in [4.78, 5) is 20.0. The van der Waals surface area contributed by atoms with Gasteiger partial charge in [-0.05, 0) is 48.4 Å². The van der Waals surface area contributed by atoms with E-state index in [1.54, 1.807) is 31.4 Å². The van der Waals surface area contributed by atoms with Crippen molar-refractivity contribution in [2.45, 2.75) is 6.42 Å². The SMILES string of the molecule is COC(=O)c1ccc(Nc2cc(NCCc3cccc(OC)c3)ncn2)cc1. The summed E-state index contributed by atoms with van der Waals surface area (Å²) in [5.41, 5.74) is 2.49. The van der Waals surface area contributed by atoms with E-state index in [2.05, 4.69) is 26.7 Å². The summed E-state index contributed by atoms with van der Waals surface area (Å²) in [6, 6.07) is 16.8. The second kappa shape index (κ2) is 9.36. The fraction of sp³-hybridized carbons (Fsp3) is 0.190. The van der Waals surface area contributed by atoms with Crippen molar-refractivity contribution in [3.63, 3.8) is 0 Å². The molecule has 7 nitrogen and oxygen atoms in total. The predicted molar refractivity (Wildman–Crippen MR) is 108 cm³/mol. The topological polar surface area (TPSA) is 85.4 Å². The van der Waals surface area contributed by atoms with Gasteiger partial charge in [-0.1, -0.05) is 12.1 Å². The summed E-state index contributed by atoms with van der Waals surface area (Å²) in [5.74, 6) is 1.87. The zero-order valence-corrected chi connectivity index (χ0v) is 15.8. The molecule has 3 aromatic rings. The van der Waals surface area contributed by atoms with E-state index in [0.29, 0.717) is 11.4 Å². The van der Waals surface area contributed by atoms with E-state index in [1.165, 1.54) is 19.0 Å². The maximum Gasteiger partial charge on any atom is 0.337 e. The molecule has 0 spiro atoms. The fourth-order valence-corrected chi connectivity index (χ4v) is 2.64. The van der Waals surface area contributed by atoms with Gasteiger partial charge < -0.3 is 20.1 Å². The predicted octanol–water partition coefficient (Wildman–Crippen LogP) is 3.67. The normalized spacial score (nSPS) is 10.2. The minimum Gasteiger partial charge on any atom is -0.497 e. The lowest BCUT2D eigenvalue weighted by atomic mass is 10.1. The molecule has 28 heavy (non-hydrogen) atoms. The van der Waals surface area contributed by atoms with Gasteiger partial charge in [0.25, 0.3) is 0 Å². The van der Waals surface area contributed by atoms with Crippen LogP contribution in [0.5, 0.6) is 5.75 Å². The molecule has 144 valence electrons. The fourth-order valence-electron chi connectivity index (χ4n) is 2.64. The Morgan fingerprint density at radius 1 is 1.00 bits per heavy atom. The van der Waals surface area contributed by atoms with E-state index in [1.807, 2.05) is 24.3 Å². The molecule has 1 heterocycles. The molecule has 2 N–H and O–H groups in total. The van der Waals surface area contributed by atoms with Crippen LogP contribution in [0.1, 0.15) is 15.9 Å². The number of ether oxygens (including phenoxy) is 2. The quantitative estimate of drug-likeness (QED) is 0.579. The number of benzene rings is 2. The van der Waals surface area contributed by atoms with E-state index >= 15 is 0 Å². The smallest absolute Gasteiger partial charge is 0.337 e. The van der Waals surface area contributed by atoms with Crippen LogP contribution in [-0.2, 0) is 11.2 Å². The van der Waals surface area contributed by atoms with E-state index in [4.69, 9.17) is 9.47 Å². The van der Waals surface area contributed by atoms with Crippen LogP contribution >= 0.6 is 0 Å². The van der Waals surface area contributed by atoms with Crippen LogP contribution in [0.25, 0.3) is 0 Å². The Bertz CT molecular complexity index is 929. The number of aromatic nitrogens is 2. The maximum atomic E-state index is 11.5. The first kappa shape index (κ1) is 19.2. The molecule has 7 heteroatoms. The van der Waals surface area contributed by atoms with E-state index in [0.717, 1.165) is 30.2 Å². The van der Waals surface area contributed by atoms with Gasteiger partial charge in [0.1, 0.15) is 23.7 Å². The lowest BCUT2D eigenvalue weighted by Gasteiger charge is -2.09. The van der Waals surface area contributed by atoms with Crippen LogP contribution in [0.4, 0.5) is 17.3 Å². The highest BCUT2D eigenvalue weighted by molar-refractivity contribution is 5.89. The number of esters is 1. The first-order chi connectivity index (χ1) is 13.7. The number of methoxy groups -OCH3 is 2. The molecule has 0 aliphatic rings. The molecule has 0 radical (unpaired) electrons. The molecule has 0 amide bonds. The van der Waals surface area contributed by atoms with E-state index in [-0.39, 0.29) is 5.97 Å². The highest BCUT2D eigenvalue weighted by atomic mass is 16.5. The van der Waals surface area contributed by atoms with Crippen LogP contribution in [0.15, 0.2) is 60.9 Å². The van der Waals surface area contributed by atoms with Gasteiger partial charge in [-0.3, -0.25) is 0 Å². The molecular formula is C21H22N4O3. The molecule has 0 aliphatic heterocycles. The third kappa shape index (κ3) is 5.20. The minimum absolute atomic E-state index is 0.365. The molecule has 0 atom stereocenters. The molecular weight excluding hydrogens is 356 g/mol. The molecule has 0 aliphatic carbocycles. The lowest BCUT2D eigenvalue weighted by molar-refractivity contribution is 0.0601. The number of carbonyl (C=O) groups excluding carboxylic acids is 1. The molecule has 0 fully saturated rings. The summed E-state index contributed by atoms with van der Waals surface area (Å²) >= 11 is 0. The molecule has 0 bridgehead atoms. The van der Waals surface area contributed by atoms with Crippen molar-refractivity contribution in [3.05, 3.63) is 72.1 Å². The Kier molecular flexibility index (Phi) is 6.41. The lowest BCUT2D eigenvalue weighted by Crippen LogP contribution is -2.07. The van der Waals surface area contributed by atoms with Crippen LogP contribution in [0.2, 0.25) is 0 Å². The molecule has 0 saturated carbocycles. The number of hydrogen-bond acceptors (Lipinski definition) is 7. The largest absolute Gasteiger partial charge is 0.497 e. The van der Waals surface area contributed by atoms with Crippen molar-refractivity contribution in [1.29, 1.82) is 0 Å². The summed E-state index contributed by atoms with van der Waals surface area (Å²) in [6.45, 7) is 0.734. The third-order valence-corrected chi connectivity index (χ3v) is 4.10. The summed E-state index contributed by atoms with van der Waals surface area (Å²) in [6.07, 6.45) is 2.35. The average Bonchev–Trinajstić information content (AvgIpc) is 2.74. The van der Waals surface area contributed by atoms with Gasteiger partial charge in [-0.2, -0.15) is 0 Å². The standard InChI is InChI=1S/C21H22N4O3/c1-27-18-5-3-4-15(12-18)10-11-22-19-13-20(24-14-23-19)25-17-8-6-16(7-9-17)21(26)28-2/h3-9,12-14H,10-11H2,1-2H3,(H2,22,23,24,25). The number of nitrogens with one attached hydrogen (secondary N) is 2.